The third-order valence-electron chi connectivity index (χ3n) is 4.20. The van der Waals surface area contributed by atoms with E-state index >= 15 is 0 Å². The number of imidazole rings is 1. The van der Waals surface area contributed by atoms with E-state index in [0.29, 0.717) is 24.3 Å². The van der Waals surface area contributed by atoms with Gasteiger partial charge in [-0.3, -0.25) is 14.9 Å². The number of rotatable bonds is 7. The zero-order valence-electron chi connectivity index (χ0n) is 15.0. The molecule has 0 saturated heterocycles. The molecule has 3 aromatic rings. The number of nitro groups is 1. The predicted molar refractivity (Wildman–Crippen MR) is 102 cm³/mol. The largest absolute Gasteiger partial charge is 0.334 e. The molecule has 7 heteroatoms. The van der Waals surface area contributed by atoms with Gasteiger partial charge in [-0.15, -0.1) is 0 Å². The highest BCUT2D eigenvalue weighted by Gasteiger charge is 2.22. The molecule has 0 aliphatic heterocycles. The van der Waals surface area contributed by atoms with Crippen molar-refractivity contribution >= 4 is 11.6 Å². The zero-order chi connectivity index (χ0) is 19.2. The molecule has 0 radical (unpaired) electrons. The van der Waals surface area contributed by atoms with Crippen LogP contribution in [0.25, 0.3) is 5.69 Å². The maximum absolute atomic E-state index is 13.0. The van der Waals surface area contributed by atoms with Gasteiger partial charge in [0.25, 0.3) is 11.6 Å². The Morgan fingerprint density at radius 2 is 2.00 bits per heavy atom. The summed E-state index contributed by atoms with van der Waals surface area (Å²) < 4.78 is 1.56. The van der Waals surface area contributed by atoms with E-state index in [1.165, 1.54) is 12.4 Å². The van der Waals surface area contributed by atoms with E-state index in [0.717, 1.165) is 12.0 Å². The van der Waals surface area contributed by atoms with E-state index in [1.807, 2.05) is 37.3 Å². The van der Waals surface area contributed by atoms with E-state index < -0.39 is 4.92 Å². The van der Waals surface area contributed by atoms with Gasteiger partial charge in [-0.05, 0) is 24.1 Å². The third-order valence-corrected chi connectivity index (χ3v) is 4.20. The van der Waals surface area contributed by atoms with Gasteiger partial charge >= 0.3 is 0 Å². The van der Waals surface area contributed by atoms with Gasteiger partial charge in [0.15, 0.2) is 0 Å². The Labute approximate surface area is 157 Å². The number of nitro benzene ring substituents is 1. The second kappa shape index (κ2) is 8.27. The highest BCUT2D eigenvalue weighted by molar-refractivity contribution is 5.95. The second-order valence-corrected chi connectivity index (χ2v) is 6.14. The van der Waals surface area contributed by atoms with Crippen LogP contribution in [-0.4, -0.2) is 31.8 Å². The molecule has 1 heterocycles. The van der Waals surface area contributed by atoms with E-state index in [2.05, 4.69) is 4.98 Å². The van der Waals surface area contributed by atoms with E-state index in [-0.39, 0.29) is 11.6 Å². The molecule has 27 heavy (non-hydrogen) atoms. The van der Waals surface area contributed by atoms with Gasteiger partial charge in [-0.1, -0.05) is 37.3 Å². The molecule has 0 bridgehead atoms. The van der Waals surface area contributed by atoms with Gasteiger partial charge in [0.1, 0.15) is 5.69 Å². The quantitative estimate of drug-likeness (QED) is 0.471. The Balaban J connectivity index is 1.92. The summed E-state index contributed by atoms with van der Waals surface area (Å²) in [6.07, 6.45) is 5.46. The fourth-order valence-electron chi connectivity index (χ4n) is 2.93. The number of aromatic nitrogens is 2. The Hall–Kier alpha value is -3.48. The molecule has 1 amide bonds. The molecule has 0 saturated carbocycles. The van der Waals surface area contributed by atoms with Crippen molar-refractivity contribution in [3.8, 4) is 5.69 Å². The van der Waals surface area contributed by atoms with Crippen LogP contribution in [0.2, 0.25) is 0 Å². The van der Waals surface area contributed by atoms with Gasteiger partial charge in [-0.2, -0.15) is 0 Å². The molecule has 0 aliphatic rings. The van der Waals surface area contributed by atoms with Crippen molar-refractivity contribution in [2.45, 2.75) is 19.9 Å². The molecule has 0 N–H and O–H groups in total. The first kappa shape index (κ1) is 18.3. The summed E-state index contributed by atoms with van der Waals surface area (Å²) >= 11 is 0. The minimum absolute atomic E-state index is 0.130. The number of hydrogen-bond donors (Lipinski definition) is 0. The number of benzene rings is 2. The smallest absolute Gasteiger partial charge is 0.294 e. The summed E-state index contributed by atoms with van der Waals surface area (Å²) in [5.74, 6) is -0.221. The summed E-state index contributed by atoms with van der Waals surface area (Å²) in [5, 5.41) is 11.5. The molecule has 0 spiro atoms. The standard InChI is InChI=1S/C20H20N4O3/c1-2-11-22(14-16-6-4-3-5-7-16)20(25)17-8-9-18(19(13-17)24(26)27)23-12-10-21-15-23/h3-10,12-13,15H,2,11,14H2,1H3. The molecular formula is C20H20N4O3. The van der Waals surface area contributed by atoms with Crippen molar-refractivity contribution in [2.24, 2.45) is 0 Å². The number of carbonyl (C=O) groups excluding carboxylic acids is 1. The predicted octanol–water partition coefficient (Wildman–Crippen LogP) is 3.83. The van der Waals surface area contributed by atoms with Gasteiger partial charge in [0.05, 0.1) is 11.3 Å². The average Bonchev–Trinajstić information content (AvgIpc) is 3.22. The highest BCUT2D eigenvalue weighted by Crippen LogP contribution is 2.25. The lowest BCUT2D eigenvalue weighted by Crippen LogP contribution is -2.31. The Bertz CT molecular complexity index is 924. The van der Waals surface area contributed by atoms with Crippen molar-refractivity contribution in [2.75, 3.05) is 6.54 Å². The Morgan fingerprint density at radius 1 is 1.22 bits per heavy atom. The van der Waals surface area contributed by atoms with Crippen LogP contribution in [0.3, 0.4) is 0 Å². The van der Waals surface area contributed by atoms with Crippen LogP contribution in [0.1, 0.15) is 29.3 Å². The van der Waals surface area contributed by atoms with Gasteiger partial charge in [0.2, 0.25) is 0 Å². The molecule has 7 nitrogen and oxygen atoms in total. The normalized spacial score (nSPS) is 10.6. The Morgan fingerprint density at radius 3 is 2.63 bits per heavy atom. The third kappa shape index (κ3) is 4.20. The molecule has 3 rings (SSSR count). The van der Waals surface area contributed by atoms with Gasteiger partial charge < -0.3 is 9.47 Å². The van der Waals surface area contributed by atoms with Crippen LogP contribution in [0.5, 0.6) is 0 Å². The number of hydrogen-bond acceptors (Lipinski definition) is 4. The van der Waals surface area contributed by atoms with Crippen LogP contribution in [0.4, 0.5) is 5.69 Å². The lowest BCUT2D eigenvalue weighted by atomic mass is 10.1. The lowest BCUT2D eigenvalue weighted by molar-refractivity contribution is -0.384. The van der Waals surface area contributed by atoms with Crippen molar-refractivity contribution in [3.63, 3.8) is 0 Å². The van der Waals surface area contributed by atoms with E-state index in [9.17, 15) is 14.9 Å². The molecule has 0 fully saturated rings. The number of carbonyl (C=O) groups is 1. The van der Waals surface area contributed by atoms with Gasteiger partial charge in [-0.25, -0.2) is 4.98 Å². The van der Waals surface area contributed by atoms with Crippen LogP contribution in [0, 0.1) is 10.1 Å². The summed E-state index contributed by atoms with van der Waals surface area (Å²) in [7, 11) is 0. The maximum atomic E-state index is 13.0. The molecule has 1 aromatic heterocycles. The minimum atomic E-state index is -0.479. The molecule has 138 valence electrons. The fraction of sp³-hybridized carbons (Fsp3) is 0.200. The molecule has 0 aliphatic carbocycles. The van der Waals surface area contributed by atoms with E-state index in [4.69, 9.17) is 0 Å². The van der Waals surface area contributed by atoms with Crippen molar-refractivity contribution < 1.29 is 9.72 Å². The first-order valence-corrected chi connectivity index (χ1v) is 8.70. The van der Waals surface area contributed by atoms with Crippen molar-refractivity contribution in [1.82, 2.24) is 14.5 Å². The molecule has 0 atom stereocenters. The average molecular weight is 364 g/mol. The van der Waals surface area contributed by atoms with Crippen molar-refractivity contribution in [3.05, 3.63) is 88.5 Å². The zero-order valence-corrected chi connectivity index (χ0v) is 15.0. The number of amides is 1. The first-order valence-electron chi connectivity index (χ1n) is 8.70. The van der Waals surface area contributed by atoms with E-state index in [1.54, 1.807) is 34.0 Å². The fourth-order valence-corrected chi connectivity index (χ4v) is 2.93. The summed E-state index contributed by atoms with van der Waals surface area (Å²) in [6, 6.07) is 14.2. The summed E-state index contributed by atoms with van der Waals surface area (Å²) in [5.41, 5.74) is 1.56. The SMILES string of the molecule is CCCN(Cc1ccccc1)C(=O)c1ccc(-n2ccnc2)c([N+](=O)[O-])c1. The minimum Gasteiger partial charge on any atom is -0.334 e. The second-order valence-electron chi connectivity index (χ2n) is 6.14. The van der Waals surface area contributed by atoms with Crippen molar-refractivity contribution in [1.29, 1.82) is 0 Å². The number of nitrogens with zero attached hydrogens (tertiary/aromatic N) is 4. The highest BCUT2D eigenvalue weighted by atomic mass is 16.6. The monoisotopic (exact) mass is 364 g/mol. The molecular weight excluding hydrogens is 344 g/mol. The van der Waals surface area contributed by atoms with Crippen LogP contribution < -0.4 is 0 Å². The lowest BCUT2D eigenvalue weighted by Gasteiger charge is -2.22. The summed E-state index contributed by atoms with van der Waals surface area (Å²) in [4.78, 5) is 29.7. The van der Waals surface area contributed by atoms with Crippen LogP contribution in [-0.2, 0) is 6.54 Å². The van der Waals surface area contributed by atoms with Crippen LogP contribution >= 0.6 is 0 Å². The van der Waals surface area contributed by atoms with Gasteiger partial charge in [0, 0.05) is 37.1 Å². The topological polar surface area (TPSA) is 81.3 Å². The maximum Gasteiger partial charge on any atom is 0.294 e. The first-order chi connectivity index (χ1) is 13.1. The van der Waals surface area contributed by atoms with Crippen LogP contribution in [0.15, 0.2) is 67.3 Å². The Kier molecular flexibility index (Phi) is 5.61. The molecule has 2 aromatic carbocycles. The summed E-state index contributed by atoms with van der Waals surface area (Å²) in [6.45, 7) is 3.03. The molecule has 0 unspecified atom stereocenters.